The molecule has 2 fully saturated rings. The molecule has 1 aromatic rings. The third-order valence-corrected chi connectivity index (χ3v) is 4.82. The van der Waals surface area contributed by atoms with Gasteiger partial charge in [0.05, 0.1) is 0 Å². The maximum Gasteiger partial charge on any atom is 0.245 e. The highest BCUT2D eigenvalue weighted by molar-refractivity contribution is 7.13. The summed E-state index contributed by atoms with van der Waals surface area (Å²) in [6, 6.07) is -0.381. The van der Waals surface area contributed by atoms with E-state index in [2.05, 4.69) is 15.6 Å². The molecule has 0 bridgehead atoms. The van der Waals surface area contributed by atoms with Crippen LogP contribution in [-0.2, 0) is 14.4 Å². The van der Waals surface area contributed by atoms with E-state index in [0.29, 0.717) is 43.9 Å². The predicted octanol–water partition coefficient (Wildman–Crippen LogP) is 0.599. The molecular formula is C14H18N4O3S. The summed E-state index contributed by atoms with van der Waals surface area (Å²) in [4.78, 5) is 41.4. The first-order valence-electron chi connectivity index (χ1n) is 7.42. The maximum absolute atomic E-state index is 12.3. The third kappa shape index (κ3) is 3.27. The van der Waals surface area contributed by atoms with E-state index in [1.165, 1.54) is 11.3 Å². The Morgan fingerprint density at radius 1 is 1.32 bits per heavy atom. The van der Waals surface area contributed by atoms with Crippen LogP contribution in [0.3, 0.4) is 0 Å². The molecule has 0 saturated carbocycles. The van der Waals surface area contributed by atoms with Crippen LogP contribution in [0.25, 0.3) is 0 Å². The molecule has 1 atom stereocenters. The van der Waals surface area contributed by atoms with Gasteiger partial charge in [-0.05, 0) is 19.3 Å². The van der Waals surface area contributed by atoms with Crippen LogP contribution in [-0.4, -0.2) is 46.7 Å². The highest BCUT2D eigenvalue weighted by Crippen LogP contribution is 2.22. The lowest BCUT2D eigenvalue weighted by atomic mass is 9.95. The number of aromatic nitrogens is 1. The van der Waals surface area contributed by atoms with Crippen LogP contribution in [0, 0.1) is 5.92 Å². The zero-order chi connectivity index (χ0) is 15.5. The van der Waals surface area contributed by atoms with E-state index in [4.69, 9.17) is 0 Å². The highest BCUT2D eigenvalue weighted by Gasteiger charge is 2.34. The second kappa shape index (κ2) is 6.43. The second-order valence-electron chi connectivity index (χ2n) is 5.58. The van der Waals surface area contributed by atoms with Crippen molar-refractivity contribution in [2.75, 3.05) is 18.4 Å². The van der Waals surface area contributed by atoms with Gasteiger partial charge in [0.15, 0.2) is 5.13 Å². The van der Waals surface area contributed by atoms with Gasteiger partial charge in [-0.2, -0.15) is 0 Å². The molecule has 1 aromatic heterocycles. The number of nitrogens with zero attached hydrogens (tertiary/aromatic N) is 2. The molecule has 118 valence electrons. The van der Waals surface area contributed by atoms with Gasteiger partial charge in [0.25, 0.3) is 0 Å². The molecule has 8 heteroatoms. The Balaban J connectivity index is 1.48. The smallest absolute Gasteiger partial charge is 0.245 e. The second-order valence-corrected chi connectivity index (χ2v) is 6.48. The van der Waals surface area contributed by atoms with Gasteiger partial charge >= 0.3 is 0 Å². The van der Waals surface area contributed by atoms with E-state index in [0.717, 1.165) is 0 Å². The van der Waals surface area contributed by atoms with Crippen LogP contribution < -0.4 is 10.6 Å². The molecule has 3 amide bonds. The molecule has 2 saturated heterocycles. The van der Waals surface area contributed by atoms with Gasteiger partial charge in [-0.1, -0.05) is 0 Å². The van der Waals surface area contributed by atoms with Crippen molar-refractivity contribution in [3.05, 3.63) is 11.6 Å². The van der Waals surface area contributed by atoms with Gasteiger partial charge < -0.3 is 15.5 Å². The third-order valence-electron chi connectivity index (χ3n) is 4.13. The molecule has 3 rings (SSSR count). The number of carbonyl (C=O) groups is 3. The number of hydrogen-bond acceptors (Lipinski definition) is 5. The Bertz CT molecular complexity index is 567. The Morgan fingerprint density at radius 3 is 2.68 bits per heavy atom. The first kappa shape index (κ1) is 15.0. The Kier molecular flexibility index (Phi) is 4.37. The number of piperidine rings is 1. The van der Waals surface area contributed by atoms with Crippen molar-refractivity contribution >= 4 is 34.2 Å². The normalized spacial score (nSPS) is 22.5. The molecule has 2 aliphatic rings. The summed E-state index contributed by atoms with van der Waals surface area (Å²) in [5.74, 6) is -0.206. The monoisotopic (exact) mass is 322 g/mol. The number of nitrogens with one attached hydrogen (secondary N) is 2. The molecule has 2 aliphatic heterocycles. The minimum Gasteiger partial charge on any atom is -0.344 e. The first-order chi connectivity index (χ1) is 10.6. The van der Waals surface area contributed by atoms with Gasteiger partial charge in [-0.15, -0.1) is 11.3 Å². The Labute approximate surface area is 132 Å². The standard InChI is InChI=1S/C14H18N4O3S/c19-11-2-1-10(16-11)13(21)18-6-3-9(4-7-18)12(20)17-14-15-5-8-22-14/h5,8-10H,1-4,6-7H2,(H,16,19)(H,15,17,20). The van der Waals surface area contributed by atoms with Gasteiger partial charge in [0.1, 0.15) is 6.04 Å². The van der Waals surface area contributed by atoms with E-state index in [9.17, 15) is 14.4 Å². The molecule has 3 heterocycles. The Hall–Kier alpha value is -1.96. The van der Waals surface area contributed by atoms with Crippen molar-refractivity contribution in [2.24, 2.45) is 5.92 Å². The lowest BCUT2D eigenvalue weighted by Gasteiger charge is -2.32. The lowest BCUT2D eigenvalue weighted by Crippen LogP contribution is -2.48. The number of thiazole rings is 1. The molecule has 0 aliphatic carbocycles. The van der Waals surface area contributed by atoms with Gasteiger partial charge in [0, 0.05) is 37.0 Å². The van der Waals surface area contributed by atoms with Crippen LogP contribution in [0.5, 0.6) is 0 Å². The molecule has 0 aromatic carbocycles. The topological polar surface area (TPSA) is 91.4 Å². The van der Waals surface area contributed by atoms with Crippen molar-refractivity contribution in [3.63, 3.8) is 0 Å². The fourth-order valence-electron chi connectivity index (χ4n) is 2.87. The summed E-state index contributed by atoms with van der Waals surface area (Å²) >= 11 is 1.39. The first-order valence-corrected chi connectivity index (χ1v) is 8.30. The van der Waals surface area contributed by atoms with Crippen LogP contribution in [0.4, 0.5) is 5.13 Å². The quantitative estimate of drug-likeness (QED) is 0.852. The van der Waals surface area contributed by atoms with Gasteiger partial charge in [0.2, 0.25) is 17.7 Å². The highest BCUT2D eigenvalue weighted by atomic mass is 32.1. The van der Waals surface area contributed by atoms with Crippen LogP contribution >= 0.6 is 11.3 Å². The van der Waals surface area contributed by atoms with Gasteiger partial charge in [-0.25, -0.2) is 4.98 Å². The number of rotatable bonds is 3. The van der Waals surface area contributed by atoms with E-state index in [1.54, 1.807) is 11.1 Å². The van der Waals surface area contributed by atoms with Crippen LogP contribution in [0.1, 0.15) is 25.7 Å². The fraction of sp³-hybridized carbons (Fsp3) is 0.571. The fourth-order valence-corrected chi connectivity index (χ4v) is 3.41. The summed E-state index contributed by atoms with van der Waals surface area (Å²) in [7, 11) is 0. The van der Waals surface area contributed by atoms with Crippen molar-refractivity contribution in [1.82, 2.24) is 15.2 Å². The summed E-state index contributed by atoms with van der Waals surface area (Å²) < 4.78 is 0. The molecule has 22 heavy (non-hydrogen) atoms. The summed E-state index contributed by atoms with van der Waals surface area (Å²) in [6.07, 6.45) is 3.93. The maximum atomic E-state index is 12.3. The van der Waals surface area contributed by atoms with Crippen molar-refractivity contribution < 1.29 is 14.4 Å². The molecule has 0 spiro atoms. The van der Waals surface area contributed by atoms with Crippen molar-refractivity contribution in [2.45, 2.75) is 31.7 Å². The molecular weight excluding hydrogens is 304 g/mol. The van der Waals surface area contributed by atoms with Crippen LogP contribution in [0.2, 0.25) is 0 Å². The lowest BCUT2D eigenvalue weighted by molar-refractivity contribution is -0.137. The molecule has 1 unspecified atom stereocenters. The average Bonchev–Trinajstić information content (AvgIpc) is 3.18. The summed E-state index contributed by atoms with van der Waals surface area (Å²) in [6.45, 7) is 1.11. The number of likely N-dealkylation sites (tertiary alicyclic amines) is 1. The van der Waals surface area contributed by atoms with Crippen LogP contribution in [0.15, 0.2) is 11.6 Å². The van der Waals surface area contributed by atoms with Gasteiger partial charge in [-0.3, -0.25) is 14.4 Å². The molecule has 7 nitrogen and oxygen atoms in total. The van der Waals surface area contributed by atoms with E-state index >= 15 is 0 Å². The van der Waals surface area contributed by atoms with E-state index in [-0.39, 0.29) is 29.7 Å². The van der Waals surface area contributed by atoms with Crippen molar-refractivity contribution in [1.29, 1.82) is 0 Å². The van der Waals surface area contributed by atoms with E-state index < -0.39 is 0 Å². The molecule has 2 N–H and O–H groups in total. The number of carbonyl (C=O) groups excluding carboxylic acids is 3. The zero-order valence-electron chi connectivity index (χ0n) is 12.1. The number of anilines is 1. The summed E-state index contributed by atoms with van der Waals surface area (Å²) in [5.41, 5.74) is 0. The minimum absolute atomic E-state index is 0.0235. The van der Waals surface area contributed by atoms with Crippen molar-refractivity contribution in [3.8, 4) is 0 Å². The molecule has 0 radical (unpaired) electrons. The average molecular weight is 322 g/mol. The minimum atomic E-state index is -0.381. The Morgan fingerprint density at radius 2 is 2.09 bits per heavy atom. The predicted molar refractivity (Wildman–Crippen MR) is 81.2 cm³/mol. The largest absolute Gasteiger partial charge is 0.344 e. The SMILES string of the molecule is O=C1CCC(C(=O)N2CCC(C(=O)Nc3nccs3)CC2)N1. The summed E-state index contributed by atoms with van der Waals surface area (Å²) in [5, 5.41) is 7.92. The number of hydrogen-bond donors (Lipinski definition) is 2. The number of amides is 3. The van der Waals surface area contributed by atoms with E-state index in [1.807, 2.05) is 5.38 Å². The zero-order valence-corrected chi connectivity index (χ0v) is 12.9.